The Balaban J connectivity index is 1.43. The summed E-state index contributed by atoms with van der Waals surface area (Å²) < 4.78 is 2.70. The molecule has 0 atom stereocenters. The van der Waals surface area contributed by atoms with Crippen molar-refractivity contribution in [2.24, 2.45) is 0 Å². The molecule has 0 saturated heterocycles. The summed E-state index contributed by atoms with van der Waals surface area (Å²) in [7, 11) is 0. The fourth-order valence-corrected chi connectivity index (χ4v) is 5.57. The molecular weight excluding hydrogens is 593 g/mol. The second kappa shape index (κ2) is 10.3. The molecule has 0 spiro atoms. The van der Waals surface area contributed by atoms with E-state index in [2.05, 4.69) is 27.9 Å². The predicted molar refractivity (Wildman–Crippen MR) is 159 cm³/mol. The first-order chi connectivity index (χ1) is 18.2. The third-order valence-corrected chi connectivity index (χ3v) is 7.51. The second-order valence-electron chi connectivity index (χ2n) is 8.31. The quantitative estimate of drug-likeness (QED) is 0.124. The van der Waals surface area contributed by atoms with E-state index in [0.29, 0.717) is 28.4 Å². The number of para-hydroxylation sites is 3. The van der Waals surface area contributed by atoms with E-state index in [1.807, 2.05) is 103 Å². The number of nitrogens with one attached hydrogen (secondary N) is 1. The van der Waals surface area contributed by atoms with Crippen molar-refractivity contribution in [3.8, 4) is 5.69 Å². The zero-order valence-corrected chi connectivity index (χ0v) is 22.5. The van der Waals surface area contributed by atoms with Gasteiger partial charge in [0.05, 0.1) is 27.9 Å². The molecule has 2 heterocycles. The van der Waals surface area contributed by atoms with Crippen LogP contribution < -0.4 is 10.9 Å². The van der Waals surface area contributed by atoms with E-state index in [0.717, 1.165) is 30.9 Å². The molecule has 37 heavy (non-hydrogen) atoms. The normalized spacial score (nSPS) is 11.2. The van der Waals surface area contributed by atoms with Crippen molar-refractivity contribution in [3.63, 3.8) is 0 Å². The van der Waals surface area contributed by atoms with Gasteiger partial charge in [0.15, 0.2) is 0 Å². The van der Waals surface area contributed by atoms with E-state index >= 15 is 0 Å². The van der Waals surface area contributed by atoms with Crippen molar-refractivity contribution >= 4 is 67.8 Å². The van der Waals surface area contributed by atoms with Gasteiger partial charge in [-0.2, -0.15) is 0 Å². The molecule has 0 aliphatic heterocycles. The highest BCUT2D eigenvalue weighted by Gasteiger charge is 2.16. The monoisotopic (exact) mass is 613 g/mol. The Kier molecular flexibility index (Phi) is 6.58. The summed E-state index contributed by atoms with van der Waals surface area (Å²) >= 11 is 3.76. The first-order valence-corrected chi connectivity index (χ1v) is 13.7. The maximum absolute atomic E-state index is 13.7. The molecule has 8 heteroatoms. The summed E-state index contributed by atoms with van der Waals surface area (Å²) in [5.41, 5.74) is 3.16. The van der Waals surface area contributed by atoms with Crippen LogP contribution in [0.1, 0.15) is 5.82 Å². The van der Waals surface area contributed by atoms with Crippen LogP contribution in [0.15, 0.2) is 113 Å². The lowest BCUT2D eigenvalue weighted by atomic mass is 10.2. The fourth-order valence-electron chi connectivity index (χ4n) is 4.14. The molecule has 0 saturated carbocycles. The van der Waals surface area contributed by atoms with Crippen LogP contribution >= 0.6 is 34.4 Å². The van der Waals surface area contributed by atoms with Crippen molar-refractivity contribution in [2.75, 3.05) is 5.32 Å². The maximum Gasteiger partial charge on any atom is 0.266 e. The van der Waals surface area contributed by atoms with Crippen LogP contribution in [0.4, 0.5) is 11.6 Å². The summed E-state index contributed by atoms with van der Waals surface area (Å²) in [4.78, 5) is 28.1. The molecule has 0 amide bonds. The zero-order valence-electron chi connectivity index (χ0n) is 19.5. The molecule has 6 aromatic rings. The highest BCUT2D eigenvalue weighted by Crippen LogP contribution is 2.30. The van der Waals surface area contributed by atoms with Gasteiger partial charge in [-0.05, 0) is 71.1 Å². The SMILES string of the molecule is O=c1c2cc(I)ccc2nc(CSc2nc(Nc3ccccc3)nc3ccccc23)n1-c1ccccc1. The predicted octanol–water partition coefficient (Wildman–Crippen LogP) is 6.97. The van der Waals surface area contributed by atoms with Gasteiger partial charge >= 0.3 is 0 Å². The summed E-state index contributed by atoms with van der Waals surface area (Å²) in [5, 5.41) is 5.68. The van der Waals surface area contributed by atoms with Gasteiger partial charge in [0.1, 0.15) is 10.9 Å². The number of anilines is 2. The van der Waals surface area contributed by atoms with E-state index in [1.54, 1.807) is 16.3 Å². The minimum Gasteiger partial charge on any atom is -0.324 e. The number of aromatic nitrogens is 4. The minimum absolute atomic E-state index is 0.0794. The molecule has 1 N–H and O–H groups in total. The molecule has 6 rings (SSSR count). The van der Waals surface area contributed by atoms with Crippen molar-refractivity contribution in [1.82, 2.24) is 19.5 Å². The van der Waals surface area contributed by atoms with Gasteiger partial charge in [0, 0.05) is 14.6 Å². The number of hydrogen-bond acceptors (Lipinski definition) is 6. The smallest absolute Gasteiger partial charge is 0.266 e. The zero-order chi connectivity index (χ0) is 25.2. The number of rotatable bonds is 6. The van der Waals surface area contributed by atoms with Gasteiger partial charge in [-0.1, -0.05) is 66.4 Å². The summed E-state index contributed by atoms with van der Waals surface area (Å²) in [6.07, 6.45) is 0. The lowest BCUT2D eigenvalue weighted by Crippen LogP contribution is -2.23. The highest BCUT2D eigenvalue weighted by molar-refractivity contribution is 14.1. The Morgan fingerprint density at radius 3 is 2.27 bits per heavy atom. The van der Waals surface area contributed by atoms with E-state index in [4.69, 9.17) is 15.0 Å². The molecule has 2 aromatic heterocycles. The molecule has 0 radical (unpaired) electrons. The van der Waals surface area contributed by atoms with Crippen LogP contribution in [0.3, 0.4) is 0 Å². The number of nitrogens with zero attached hydrogens (tertiary/aromatic N) is 4. The number of thioether (sulfide) groups is 1. The Bertz CT molecular complexity index is 1790. The first kappa shape index (κ1) is 23.6. The van der Waals surface area contributed by atoms with Gasteiger partial charge in [-0.25, -0.2) is 15.0 Å². The van der Waals surface area contributed by atoms with Crippen LogP contribution in [0.25, 0.3) is 27.5 Å². The van der Waals surface area contributed by atoms with Crippen LogP contribution in [-0.2, 0) is 5.75 Å². The van der Waals surface area contributed by atoms with E-state index in [1.165, 1.54) is 0 Å². The number of benzene rings is 4. The van der Waals surface area contributed by atoms with E-state index in [9.17, 15) is 4.79 Å². The van der Waals surface area contributed by atoms with Crippen LogP contribution in [0.2, 0.25) is 0 Å². The summed E-state index contributed by atoms with van der Waals surface area (Å²) in [5.74, 6) is 1.64. The Morgan fingerprint density at radius 1 is 0.757 bits per heavy atom. The maximum atomic E-state index is 13.7. The highest BCUT2D eigenvalue weighted by atomic mass is 127. The third kappa shape index (κ3) is 4.94. The van der Waals surface area contributed by atoms with Gasteiger partial charge in [-0.3, -0.25) is 9.36 Å². The van der Waals surface area contributed by atoms with Gasteiger partial charge in [0.2, 0.25) is 5.95 Å². The van der Waals surface area contributed by atoms with Gasteiger partial charge in [0.25, 0.3) is 5.56 Å². The summed E-state index contributed by atoms with van der Waals surface area (Å²) in [6.45, 7) is 0. The van der Waals surface area contributed by atoms with Gasteiger partial charge in [-0.15, -0.1) is 0 Å². The number of hydrogen-bond donors (Lipinski definition) is 1. The lowest BCUT2D eigenvalue weighted by molar-refractivity contribution is 0.883. The van der Waals surface area contributed by atoms with Gasteiger partial charge < -0.3 is 5.32 Å². The second-order valence-corrected chi connectivity index (χ2v) is 10.5. The van der Waals surface area contributed by atoms with E-state index < -0.39 is 0 Å². The molecule has 4 aromatic carbocycles. The van der Waals surface area contributed by atoms with Crippen molar-refractivity contribution in [1.29, 1.82) is 0 Å². The van der Waals surface area contributed by atoms with Crippen molar-refractivity contribution in [3.05, 3.63) is 123 Å². The number of fused-ring (bicyclic) bond motifs is 2. The lowest BCUT2D eigenvalue weighted by Gasteiger charge is -2.14. The number of halogens is 1. The van der Waals surface area contributed by atoms with Crippen LogP contribution in [-0.4, -0.2) is 19.5 Å². The van der Waals surface area contributed by atoms with E-state index in [-0.39, 0.29) is 5.56 Å². The Morgan fingerprint density at radius 2 is 1.46 bits per heavy atom. The molecule has 180 valence electrons. The van der Waals surface area contributed by atoms with Crippen LogP contribution in [0.5, 0.6) is 0 Å². The Hall–Kier alpha value is -3.76. The average Bonchev–Trinajstić information content (AvgIpc) is 2.93. The fraction of sp³-hybridized carbons (Fsp3) is 0.0345. The Labute approximate surface area is 231 Å². The molecule has 0 aliphatic rings. The minimum atomic E-state index is -0.0794. The average molecular weight is 613 g/mol. The standard InChI is InChI=1S/C29H20IN5OS/c30-19-15-16-25-23(17-19)28(36)35(21-11-5-2-6-12-21)26(32-25)18-37-27-22-13-7-8-14-24(22)33-29(34-27)31-20-9-3-1-4-10-20/h1-17H,18H2,(H,31,33,34). The van der Waals surface area contributed by atoms with Crippen molar-refractivity contribution < 1.29 is 0 Å². The third-order valence-electron chi connectivity index (χ3n) is 5.85. The molecule has 0 bridgehead atoms. The largest absolute Gasteiger partial charge is 0.324 e. The summed E-state index contributed by atoms with van der Waals surface area (Å²) in [6, 6.07) is 33.2. The van der Waals surface area contributed by atoms with Crippen molar-refractivity contribution in [2.45, 2.75) is 10.8 Å². The molecule has 0 unspecified atom stereocenters. The first-order valence-electron chi connectivity index (χ1n) is 11.6. The molecule has 0 aliphatic carbocycles. The molecular formula is C29H20IN5OS. The topological polar surface area (TPSA) is 72.7 Å². The molecule has 6 nitrogen and oxygen atoms in total. The van der Waals surface area contributed by atoms with Crippen LogP contribution in [0, 0.1) is 3.57 Å². The molecule has 0 fully saturated rings.